The molecule has 0 saturated carbocycles. The Morgan fingerprint density at radius 2 is 0.190 bits per heavy atom. The summed E-state index contributed by atoms with van der Waals surface area (Å²) in [5.41, 5.74) is 99.4. The van der Waals surface area contributed by atoms with Crippen LogP contribution in [0.15, 0.2) is 242 Å². The van der Waals surface area contributed by atoms with Gasteiger partial charge in [-0.2, -0.15) is 0 Å². The molecule has 172 valence electrons. The van der Waals surface area contributed by atoms with Crippen molar-refractivity contribution < 1.29 is 0 Å². The van der Waals surface area contributed by atoms with E-state index in [1.54, 1.807) is 0 Å². The lowest BCUT2D eigenvalue weighted by Gasteiger charge is -1.41. The topological polar surface area (TPSA) is 0 Å². The van der Waals surface area contributed by atoms with E-state index in [2.05, 4.69) is 242 Å². The van der Waals surface area contributed by atoms with Crippen LogP contribution in [0.1, 0.15) is 0 Å². The number of rotatable bonds is 0. The van der Waals surface area contributed by atoms with Crippen LogP contribution in [0, 0.1) is 0 Å². The van der Waals surface area contributed by atoms with Crippen molar-refractivity contribution >= 4 is 0 Å². The van der Waals surface area contributed by atoms with Crippen molar-refractivity contribution in [1.29, 1.82) is 0 Å². The van der Waals surface area contributed by atoms with Crippen LogP contribution in [-0.2, 0) is 0 Å². The van der Waals surface area contributed by atoms with Crippen LogP contribution >= 0.6 is 0 Å². The maximum atomic E-state index is 3.31. The summed E-state index contributed by atoms with van der Waals surface area (Å²) in [5.74, 6) is 0. The Kier molecular flexibility index (Phi) is 25.1. The Balaban J connectivity index is 6.04. The van der Waals surface area contributed by atoms with E-state index < -0.39 is 0 Å². The molecule has 0 rings (SSSR count). The third-order valence-electron chi connectivity index (χ3n) is 2.49. The second kappa shape index (κ2) is 31.9. The van der Waals surface area contributed by atoms with Crippen molar-refractivity contribution in [1.82, 2.24) is 0 Å². The van der Waals surface area contributed by atoms with E-state index in [4.69, 9.17) is 0 Å². The molecule has 42 heavy (non-hydrogen) atoms. The largest absolute Gasteiger partial charge is 0.0687 e. The molecule has 0 heterocycles. The van der Waals surface area contributed by atoms with Gasteiger partial charge in [0.05, 0.1) is 0 Å². The van der Waals surface area contributed by atoms with Gasteiger partial charge in [-0.05, 0) is 105 Å². The highest BCUT2D eigenvalue weighted by molar-refractivity contribution is 4.96. The van der Waals surface area contributed by atoms with Crippen molar-refractivity contribution in [2.45, 2.75) is 0 Å². The summed E-state index contributed by atoms with van der Waals surface area (Å²) in [7, 11) is 0. The summed E-state index contributed by atoms with van der Waals surface area (Å²) in [6.07, 6.45) is 0. The first-order chi connectivity index (χ1) is 20.9. The fraction of sp³-hybridized carbons (Fsp3) is 0. The van der Waals surface area contributed by atoms with Gasteiger partial charge in [0.1, 0.15) is 0 Å². The second-order valence-corrected chi connectivity index (χ2v) is 5.10. The SMILES string of the molecule is C=C=C=C=C=C=C=C=C=C=C=C=C=C=C=C=C=C=C=C=C=C=C=C=C=C=C=C=C=C=C=C=C=C=C=C=C=C=C=C=C=C. The van der Waals surface area contributed by atoms with Crippen molar-refractivity contribution in [3.8, 4) is 0 Å². The molecule has 0 bridgehead atoms. The summed E-state index contributed by atoms with van der Waals surface area (Å²) in [6, 6.07) is 0. The zero-order valence-electron chi connectivity index (χ0n) is 21.4. The molecule has 0 radical (unpaired) electrons. The average Bonchev–Trinajstić information content (AvgIpc) is 3.00. The van der Waals surface area contributed by atoms with E-state index in [9.17, 15) is 0 Å². The lowest BCUT2D eigenvalue weighted by Crippen LogP contribution is -1.25. The van der Waals surface area contributed by atoms with Gasteiger partial charge < -0.3 is 0 Å². The molecule has 0 aliphatic rings. The van der Waals surface area contributed by atoms with Gasteiger partial charge in [0.15, 0.2) is 0 Å². The van der Waals surface area contributed by atoms with Crippen LogP contribution in [0.25, 0.3) is 0 Å². The molecule has 0 aromatic heterocycles. The Morgan fingerprint density at radius 3 is 0.262 bits per heavy atom. The molecule has 0 atom stereocenters. The van der Waals surface area contributed by atoms with Crippen molar-refractivity contribution in [3.05, 3.63) is 242 Å². The third-order valence-corrected chi connectivity index (χ3v) is 2.49. The maximum absolute atomic E-state index is 3.31. The minimum Gasteiger partial charge on any atom is -0.0687 e. The van der Waals surface area contributed by atoms with Crippen LogP contribution in [0.3, 0.4) is 0 Å². The van der Waals surface area contributed by atoms with Gasteiger partial charge in [-0.25, -0.2) is 0 Å². The molecule has 0 aliphatic carbocycles. The summed E-state index contributed by atoms with van der Waals surface area (Å²) >= 11 is 0. The molecule has 0 aromatic rings. The maximum Gasteiger partial charge on any atom is 0 e. The number of hydrogen-bond donors (Lipinski definition) is 0. The summed E-state index contributed by atoms with van der Waals surface area (Å²) in [6.45, 7) is 6.62. The average molecular weight is 508 g/mol. The van der Waals surface area contributed by atoms with Crippen LogP contribution in [-0.4, -0.2) is 0 Å². The molecule has 0 saturated heterocycles. The highest BCUT2D eigenvalue weighted by Crippen LogP contribution is 1.60. The van der Waals surface area contributed by atoms with E-state index >= 15 is 0 Å². The van der Waals surface area contributed by atoms with E-state index in [-0.39, 0.29) is 0 Å². The molecule has 0 aromatic carbocycles. The number of hydrogen-bond acceptors (Lipinski definition) is 0. The first-order valence-corrected chi connectivity index (χ1v) is 10.5. The molecule has 0 N–H and O–H groups in total. The molecule has 0 fully saturated rings. The predicted octanol–water partition coefficient (Wildman–Crippen LogP) is 7.01. The van der Waals surface area contributed by atoms with Crippen molar-refractivity contribution in [2.75, 3.05) is 0 Å². The lowest BCUT2D eigenvalue weighted by atomic mass is 10.6. The van der Waals surface area contributed by atoms with Gasteiger partial charge >= 0.3 is 0 Å². The minimum absolute atomic E-state index is 2.37. The predicted molar refractivity (Wildman–Crippen MR) is 152 cm³/mol. The quantitative estimate of drug-likeness (QED) is 0.309. The zero-order valence-corrected chi connectivity index (χ0v) is 21.4. The fourth-order valence-corrected chi connectivity index (χ4v) is 1.21. The van der Waals surface area contributed by atoms with Gasteiger partial charge in [-0.1, -0.05) is 11.5 Å². The van der Waals surface area contributed by atoms with E-state index in [0.29, 0.717) is 0 Å². The standard InChI is InChI=1S/C42H4/c1-3-5-7-9-11-13-15-17-19-21-23-25-27-29-31-33-35-37-39-41-42-40-38-36-34-32-30-28-26-24-22-20-18-16-14-12-10-8-6-4-2/h1-2H2. The van der Waals surface area contributed by atoms with Gasteiger partial charge in [0.25, 0.3) is 0 Å². The van der Waals surface area contributed by atoms with Crippen LogP contribution < -0.4 is 0 Å². The fourth-order valence-electron chi connectivity index (χ4n) is 1.21. The van der Waals surface area contributed by atoms with E-state index in [1.807, 2.05) is 0 Å². The van der Waals surface area contributed by atoms with E-state index in [1.165, 1.54) is 0 Å². The highest BCUT2D eigenvalue weighted by atomic mass is 13.5. The normalized spacial score (nSPS) is 3.90. The summed E-state index contributed by atoms with van der Waals surface area (Å²) in [5, 5.41) is 0. The lowest BCUT2D eigenvalue weighted by molar-refractivity contribution is 2.10. The highest BCUT2D eigenvalue weighted by Gasteiger charge is 1.44. The Morgan fingerprint density at radius 1 is 0.119 bits per heavy atom. The second-order valence-electron chi connectivity index (χ2n) is 5.10. The molecular formula is C42H4. The smallest absolute Gasteiger partial charge is 0 e. The Bertz CT molecular complexity index is 2560. The van der Waals surface area contributed by atoms with Crippen LogP contribution in [0.2, 0.25) is 0 Å². The molecule has 0 amide bonds. The summed E-state index contributed by atoms with van der Waals surface area (Å²) in [4.78, 5) is 0. The molecule has 0 unspecified atom stereocenters. The van der Waals surface area contributed by atoms with Crippen LogP contribution in [0.4, 0.5) is 0 Å². The van der Waals surface area contributed by atoms with Crippen LogP contribution in [0.5, 0.6) is 0 Å². The van der Waals surface area contributed by atoms with Crippen molar-refractivity contribution in [3.63, 3.8) is 0 Å². The zero-order chi connectivity index (χ0) is 30.3. The first kappa shape index (κ1) is 32.9. The minimum atomic E-state index is 2.37. The molecule has 0 heteroatoms. The first-order valence-electron chi connectivity index (χ1n) is 10.5. The van der Waals surface area contributed by atoms with Gasteiger partial charge in [0.2, 0.25) is 0 Å². The molecule has 0 aliphatic heterocycles. The third kappa shape index (κ3) is 30.9. The molecule has 0 spiro atoms. The van der Waals surface area contributed by atoms with Gasteiger partial charge in [0, 0.05) is 126 Å². The van der Waals surface area contributed by atoms with Gasteiger partial charge in [-0.15, -0.1) is 0 Å². The molecular weight excluding hydrogens is 504 g/mol. The van der Waals surface area contributed by atoms with E-state index in [0.717, 1.165) is 0 Å². The van der Waals surface area contributed by atoms with Gasteiger partial charge in [-0.3, -0.25) is 0 Å². The Labute approximate surface area is 241 Å². The Hall–Kier alpha value is -9.06. The molecule has 0 nitrogen and oxygen atoms in total. The monoisotopic (exact) mass is 508 g/mol. The van der Waals surface area contributed by atoms with Crippen molar-refractivity contribution in [2.24, 2.45) is 0 Å². The summed E-state index contributed by atoms with van der Waals surface area (Å²) < 4.78 is 0.